The molecular weight excluding hydrogens is 342 g/mol. The van der Waals surface area contributed by atoms with Crippen LogP contribution in [0.2, 0.25) is 0 Å². The van der Waals surface area contributed by atoms with Gasteiger partial charge in [0, 0.05) is 24.7 Å². The molecule has 1 aliphatic heterocycles. The molecule has 3 rings (SSSR count). The van der Waals surface area contributed by atoms with Crippen molar-refractivity contribution in [2.75, 3.05) is 11.9 Å². The molecule has 0 fully saturated rings. The SMILES string of the molecule is CC(C)NC(=O)Nc1ccc(CNC(=O)Cc2ccc3c(c2)CCO3)cc1. The topological polar surface area (TPSA) is 79.5 Å². The number of anilines is 1. The Bertz CT molecular complexity index is 816. The Balaban J connectivity index is 1.46. The van der Waals surface area contributed by atoms with Gasteiger partial charge in [-0.15, -0.1) is 0 Å². The highest BCUT2D eigenvalue weighted by molar-refractivity contribution is 5.89. The molecule has 0 unspecified atom stereocenters. The Kier molecular flexibility index (Phi) is 5.96. The van der Waals surface area contributed by atoms with E-state index < -0.39 is 0 Å². The highest BCUT2D eigenvalue weighted by Gasteiger charge is 2.13. The zero-order chi connectivity index (χ0) is 19.2. The van der Waals surface area contributed by atoms with Crippen LogP contribution in [0.15, 0.2) is 42.5 Å². The summed E-state index contributed by atoms with van der Waals surface area (Å²) in [5.41, 5.74) is 3.85. The van der Waals surface area contributed by atoms with Crippen molar-refractivity contribution in [1.29, 1.82) is 0 Å². The van der Waals surface area contributed by atoms with Gasteiger partial charge in [0.1, 0.15) is 5.75 Å². The Morgan fingerprint density at radius 2 is 1.81 bits per heavy atom. The van der Waals surface area contributed by atoms with Crippen LogP contribution in [0.3, 0.4) is 0 Å². The van der Waals surface area contributed by atoms with Crippen LogP contribution in [0.1, 0.15) is 30.5 Å². The Morgan fingerprint density at radius 3 is 2.56 bits per heavy atom. The van der Waals surface area contributed by atoms with E-state index in [1.165, 1.54) is 5.56 Å². The minimum atomic E-state index is -0.231. The number of benzene rings is 2. The van der Waals surface area contributed by atoms with Crippen molar-refractivity contribution in [3.63, 3.8) is 0 Å². The van der Waals surface area contributed by atoms with Crippen LogP contribution in [0.5, 0.6) is 5.75 Å². The molecule has 0 aliphatic carbocycles. The smallest absolute Gasteiger partial charge is 0.319 e. The predicted octanol–water partition coefficient (Wildman–Crippen LogP) is 3.01. The number of fused-ring (bicyclic) bond motifs is 1. The lowest BCUT2D eigenvalue weighted by molar-refractivity contribution is -0.120. The third kappa shape index (κ3) is 5.48. The van der Waals surface area contributed by atoms with Crippen molar-refractivity contribution in [3.8, 4) is 5.75 Å². The van der Waals surface area contributed by atoms with Crippen molar-refractivity contribution < 1.29 is 14.3 Å². The van der Waals surface area contributed by atoms with Crippen LogP contribution in [-0.4, -0.2) is 24.6 Å². The molecule has 1 heterocycles. The molecule has 0 saturated carbocycles. The zero-order valence-corrected chi connectivity index (χ0v) is 15.7. The van der Waals surface area contributed by atoms with Gasteiger partial charge in [-0.2, -0.15) is 0 Å². The summed E-state index contributed by atoms with van der Waals surface area (Å²) in [4.78, 5) is 23.9. The minimum absolute atomic E-state index is 0.0209. The van der Waals surface area contributed by atoms with Gasteiger partial charge in [0.2, 0.25) is 5.91 Å². The molecular formula is C21H25N3O3. The summed E-state index contributed by atoms with van der Waals surface area (Å²) in [7, 11) is 0. The lowest BCUT2D eigenvalue weighted by atomic mass is 10.1. The molecule has 0 radical (unpaired) electrons. The molecule has 6 heteroatoms. The third-order valence-electron chi connectivity index (χ3n) is 4.24. The summed E-state index contributed by atoms with van der Waals surface area (Å²) in [5.74, 6) is 0.905. The van der Waals surface area contributed by atoms with E-state index in [2.05, 4.69) is 16.0 Å². The van der Waals surface area contributed by atoms with Crippen LogP contribution >= 0.6 is 0 Å². The largest absolute Gasteiger partial charge is 0.493 e. The third-order valence-corrected chi connectivity index (χ3v) is 4.24. The fraction of sp³-hybridized carbons (Fsp3) is 0.333. The van der Waals surface area contributed by atoms with E-state index in [-0.39, 0.29) is 18.0 Å². The summed E-state index contributed by atoms with van der Waals surface area (Å²) < 4.78 is 5.49. The van der Waals surface area contributed by atoms with E-state index >= 15 is 0 Å². The van der Waals surface area contributed by atoms with Gasteiger partial charge in [-0.25, -0.2) is 4.79 Å². The van der Waals surface area contributed by atoms with Gasteiger partial charge in [-0.05, 0) is 48.7 Å². The van der Waals surface area contributed by atoms with Gasteiger partial charge in [0.25, 0.3) is 0 Å². The number of hydrogen-bond donors (Lipinski definition) is 3. The summed E-state index contributed by atoms with van der Waals surface area (Å²) in [5, 5.41) is 8.47. The molecule has 0 aromatic heterocycles. The van der Waals surface area contributed by atoms with Crippen molar-refractivity contribution in [3.05, 3.63) is 59.2 Å². The van der Waals surface area contributed by atoms with Gasteiger partial charge < -0.3 is 20.7 Å². The van der Waals surface area contributed by atoms with Crippen LogP contribution in [-0.2, 0) is 24.2 Å². The van der Waals surface area contributed by atoms with Gasteiger partial charge in [-0.1, -0.05) is 24.3 Å². The summed E-state index contributed by atoms with van der Waals surface area (Å²) in [6.07, 6.45) is 1.25. The number of rotatable bonds is 6. The van der Waals surface area contributed by atoms with Gasteiger partial charge >= 0.3 is 6.03 Å². The normalized spacial score (nSPS) is 12.3. The maximum absolute atomic E-state index is 12.2. The van der Waals surface area contributed by atoms with Crippen molar-refractivity contribution in [2.24, 2.45) is 0 Å². The molecule has 0 bridgehead atoms. The number of amides is 3. The highest BCUT2D eigenvalue weighted by Crippen LogP contribution is 2.25. The molecule has 2 aromatic carbocycles. The molecule has 142 valence electrons. The number of nitrogens with one attached hydrogen (secondary N) is 3. The molecule has 3 amide bonds. The number of ether oxygens (including phenoxy) is 1. The second kappa shape index (κ2) is 8.58. The van der Waals surface area contributed by atoms with E-state index in [9.17, 15) is 9.59 Å². The fourth-order valence-electron chi connectivity index (χ4n) is 2.93. The first-order valence-electron chi connectivity index (χ1n) is 9.17. The standard InChI is InChI=1S/C21H25N3O3/c1-14(2)23-21(26)24-18-6-3-15(4-7-18)13-22-20(25)12-16-5-8-19-17(11-16)9-10-27-19/h3-8,11,14H,9-10,12-13H2,1-2H3,(H,22,25)(H2,23,24,26). The predicted molar refractivity (Wildman–Crippen MR) is 105 cm³/mol. The molecule has 0 atom stereocenters. The van der Waals surface area contributed by atoms with E-state index in [0.717, 1.165) is 29.9 Å². The van der Waals surface area contributed by atoms with E-state index in [4.69, 9.17) is 4.74 Å². The van der Waals surface area contributed by atoms with Crippen molar-refractivity contribution in [1.82, 2.24) is 10.6 Å². The number of hydrogen-bond acceptors (Lipinski definition) is 3. The zero-order valence-electron chi connectivity index (χ0n) is 15.7. The van der Waals surface area contributed by atoms with Gasteiger partial charge in [-0.3, -0.25) is 4.79 Å². The maximum atomic E-state index is 12.2. The van der Waals surface area contributed by atoms with Crippen LogP contribution in [0.25, 0.3) is 0 Å². The quantitative estimate of drug-likeness (QED) is 0.734. The molecule has 1 aliphatic rings. The molecule has 27 heavy (non-hydrogen) atoms. The number of urea groups is 1. The molecule has 0 saturated heterocycles. The average Bonchev–Trinajstić information content (AvgIpc) is 3.08. The van der Waals surface area contributed by atoms with Crippen LogP contribution in [0.4, 0.5) is 10.5 Å². The monoisotopic (exact) mass is 367 g/mol. The fourth-order valence-corrected chi connectivity index (χ4v) is 2.93. The highest BCUT2D eigenvalue weighted by atomic mass is 16.5. The molecule has 3 N–H and O–H groups in total. The lowest BCUT2D eigenvalue weighted by Gasteiger charge is -2.11. The number of carbonyl (C=O) groups is 2. The van der Waals surface area contributed by atoms with E-state index in [1.807, 2.05) is 56.3 Å². The van der Waals surface area contributed by atoms with Crippen molar-refractivity contribution in [2.45, 2.75) is 39.3 Å². The molecule has 0 spiro atoms. The first-order chi connectivity index (χ1) is 13.0. The van der Waals surface area contributed by atoms with E-state index in [1.54, 1.807) is 0 Å². The van der Waals surface area contributed by atoms with Crippen LogP contribution in [0, 0.1) is 0 Å². The minimum Gasteiger partial charge on any atom is -0.493 e. The summed E-state index contributed by atoms with van der Waals surface area (Å²) in [6.45, 7) is 4.98. The second-order valence-corrected chi connectivity index (χ2v) is 6.94. The van der Waals surface area contributed by atoms with E-state index in [0.29, 0.717) is 18.7 Å². The summed E-state index contributed by atoms with van der Waals surface area (Å²) >= 11 is 0. The van der Waals surface area contributed by atoms with Crippen molar-refractivity contribution >= 4 is 17.6 Å². The second-order valence-electron chi connectivity index (χ2n) is 6.94. The maximum Gasteiger partial charge on any atom is 0.319 e. The van der Waals surface area contributed by atoms with Crippen LogP contribution < -0.4 is 20.7 Å². The number of carbonyl (C=O) groups excluding carboxylic acids is 2. The first-order valence-corrected chi connectivity index (χ1v) is 9.17. The lowest BCUT2D eigenvalue weighted by Crippen LogP contribution is -2.34. The summed E-state index contributed by atoms with van der Waals surface area (Å²) in [6, 6.07) is 13.2. The molecule has 2 aromatic rings. The Labute approximate surface area is 159 Å². The Morgan fingerprint density at radius 1 is 1.07 bits per heavy atom. The Hall–Kier alpha value is -3.02. The first kappa shape index (κ1) is 18.8. The van der Waals surface area contributed by atoms with Gasteiger partial charge in [0.05, 0.1) is 13.0 Å². The molecule has 6 nitrogen and oxygen atoms in total. The van der Waals surface area contributed by atoms with Gasteiger partial charge in [0.15, 0.2) is 0 Å². The average molecular weight is 367 g/mol.